The molecule has 2 atom stereocenters. The standard InChI is InChI=1S/C16H21NO2S/c18-16(19)14-7-2-1-5-9-17(14)11-13-10-12-6-3-4-8-15(12)20-13/h3-4,6,8,13-14H,1-2,5,7,9-11H2,(H,18,19). The third-order valence-corrected chi connectivity index (χ3v) is 5.60. The fourth-order valence-corrected chi connectivity index (χ4v) is 4.63. The molecule has 0 amide bonds. The summed E-state index contributed by atoms with van der Waals surface area (Å²) in [6.07, 6.45) is 5.22. The van der Waals surface area contributed by atoms with Crippen LogP contribution in [-0.2, 0) is 11.2 Å². The highest BCUT2D eigenvalue weighted by atomic mass is 32.2. The topological polar surface area (TPSA) is 40.5 Å². The lowest BCUT2D eigenvalue weighted by Crippen LogP contribution is -2.44. The summed E-state index contributed by atoms with van der Waals surface area (Å²) in [7, 11) is 0. The van der Waals surface area contributed by atoms with Gasteiger partial charge in [0.2, 0.25) is 0 Å². The lowest BCUT2D eigenvalue weighted by Gasteiger charge is -2.28. The maximum Gasteiger partial charge on any atom is 0.320 e. The molecule has 0 aliphatic carbocycles. The van der Waals surface area contributed by atoms with Crippen LogP contribution in [0, 0.1) is 0 Å². The minimum atomic E-state index is -0.646. The van der Waals surface area contributed by atoms with Crippen LogP contribution in [0.4, 0.5) is 0 Å². The molecule has 1 fully saturated rings. The summed E-state index contributed by atoms with van der Waals surface area (Å²) in [5.41, 5.74) is 1.42. The second-order valence-corrected chi connectivity index (χ2v) is 7.09. The highest BCUT2D eigenvalue weighted by Crippen LogP contribution is 2.37. The summed E-state index contributed by atoms with van der Waals surface area (Å²) in [5, 5.41) is 9.94. The van der Waals surface area contributed by atoms with Gasteiger partial charge >= 0.3 is 5.97 Å². The average molecular weight is 291 g/mol. The van der Waals surface area contributed by atoms with Crippen LogP contribution in [0.15, 0.2) is 29.2 Å². The molecule has 2 aliphatic heterocycles. The molecule has 3 nitrogen and oxygen atoms in total. The van der Waals surface area contributed by atoms with Crippen molar-refractivity contribution in [1.82, 2.24) is 4.90 Å². The van der Waals surface area contributed by atoms with Gasteiger partial charge in [-0.15, -0.1) is 11.8 Å². The second kappa shape index (κ2) is 6.19. The first-order valence-electron chi connectivity index (χ1n) is 7.45. The van der Waals surface area contributed by atoms with Gasteiger partial charge in [0.05, 0.1) is 0 Å². The lowest BCUT2D eigenvalue weighted by molar-refractivity contribution is -0.143. The molecule has 0 bridgehead atoms. The zero-order valence-electron chi connectivity index (χ0n) is 11.6. The average Bonchev–Trinajstić information content (AvgIpc) is 2.68. The number of benzene rings is 1. The molecular weight excluding hydrogens is 270 g/mol. The van der Waals surface area contributed by atoms with E-state index in [0.717, 1.165) is 45.2 Å². The van der Waals surface area contributed by atoms with Crippen LogP contribution >= 0.6 is 11.8 Å². The number of carboxylic acids is 1. The monoisotopic (exact) mass is 291 g/mol. The van der Waals surface area contributed by atoms with Crippen LogP contribution in [0.1, 0.15) is 31.2 Å². The molecule has 1 N–H and O–H groups in total. The van der Waals surface area contributed by atoms with Gasteiger partial charge in [-0.05, 0) is 37.4 Å². The van der Waals surface area contributed by atoms with Gasteiger partial charge in [0.1, 0.15) is 6.04 Å². The zero-order valence-corrected chi connectivity index (χ0v) is 12.4. The van der Waals surface area contributed by atoms with Gasteiger partial charge in [-0.1, -0.05) is 31.0 Å². The fourth-order valence-electron chi connectivity index (χ4n) is 3.28. The van der Waals surface area contributed by atoms with E-state index in [1.807, 2.05) is 11.8 Å². The highest BCUT2D eigenvalue weighted by Gasteiger charge is 2.31. The summed E-state index contributed by atoms with van der Waals surface area (Å²) in [6, 6.07) is 8.27. The van der Waals surface area contributed by atoms with E-state index in [2.05, 4.69) is 29.2 Å². The smallest absolute Gasteiger partial charge is 0.320 e. The van der Waals surface area contributed by atoms with Crippen molar-refractivity contribution in [2.24, 2.45) is 0 Å². The molecule has 0 saturated carbocycles. The lowest BCUT2D eigenvalue weighted by atomic mass is 10.1. The van der Waals surface area contributed by atoms with Gasteiger partial charge in [0.15, 0.2) is 0 Å². The van der Waals surface area contributed by atoms with E-state index < -0.39 is 5.97 Å². The fraction of sp³-hybridized carbons (Fsp3) is 0.562. The van der Waals surface area contributed by atoms with E-state index >= 15 is 0 Å². The molecule has 1 aromatic rings. The summed E-state index contributed by atoms with van der Waals surface area (Å²) >= 11 is 1.92. The van der Waals surface area contributed by atoms with E-state index in [4.69, 9.17) is 0 Å². The van der Waals surface area contributed by atoms with Crippen LogP contribution in [-0.4, -0.2) is 40.4 Å². The Bertz CT molecular complexity index is 466. The Balaban J connectivity index is 1.66. The van der Waals surface area contributed by atoms with Crippen LogP contribution in [0.2, 0.25) is 0 Å². The molecule has 1 saturated heterocycles. The van der Waals surface area contributed by atoms with E-state index in [9.17, 15) is 9.90 Å². The molecule has 0 spiro atoms. The maximum atomic E-state index is 11.5. The number of nitrogens with zero attached hydrogens (tertiary/aromatic N) is 1. The number of rotatable bonds is 3. The van der Waals surface area contributed by atoms with E-state index in [0.29, 0.717) is 5.25 Å². The van der Waals surface area contributed by atoms with Crippen molar-refractivity contribution in [2.75, 3.05) is 13.1 Å². The first-order valence-corrected chi connectivity index (χ1v) is 8.33. The first kappa shape index (κ1) is 14.0. The summed E-state index contributed by atoms with van der Waals surface area (Å²) < 4.78 is 0. The minimum Gasteiger partial charge on any atom is -0.480 e. The van der Waals surface area contributed by atoms with Crippen molar-refractivity contribution in [3.8, 4) is 0 Å². The third kappa shape index (κ3) is 3.01. The van der Waals surface area contributed by atoms with Crippen molar-refractivity contribution in [1.29, 1.82) is 0 Å². The zero-order chi connectivity index (χ0) is 13.9. The highest BCUT2D eigenvalue weighted by molar-refractivity contribution is 8.00. The molecule has 2 heterocycles. The molecule has 1 aromatic carbocycles. The number of hydrogen-bond donors (Lipinski definition) is 1. The largest absolute Gasteiger partial charge is 0.480 e. The third-order valence-electron chi connectivity index (χ3n) is 4.30. The normalized spacial score (nSPS) is 27.0. The van der Waals surface area contributed by atoms with E-state index in [-0.39, 0.29) is 6.04 Å². The van der Waals surface area contributed by atoms with E-state index in [1.165, 1.54) is 10.5 Å². The molecule has 4 heteroatoms. The number of carboxylic acid groups (broad SMARTS) is 1. The Morgan fingerprint density at radius 3 is 2.95 bits per heavy atom. The quantitative estimate of drug-likeness (QED) is 0.929. The van der Waals surface area contributed by atoms with Crippen molar-refractivity contribution in [3.63, 3.8) is 0 Å². The molecule has 0 radical (unpaired) electrons. The van der Waals surface area contributed by atoms with Gasteiger partial charge in [-0.25, -0.2) is 0 Å². The number of likely N-dealkylation sites (tertiary alicyclic amines) is 1. The van der Waals surface area contributed by atoms with Gasteiger partial charge < -0.3 is 5.11 Å². The predicted molar refractivity (Wildman–Crippen MR) is 81.3 cm³/mol. The first-order chi connectivity index (χ1) is 9.74. The molecular formula is C16H21NO2S. The molecule has 20 heavy (non-hydrogen) atoms. The maximum absolute atomic E-state index is 11.5. The van der Waals surface area contributed by atoms with Crippen molar-refractivity contribution < 1.29 is 9.90 Å². The van der Waals surface area contributed by atoms with Gasteiger partial charge in [0.25, 0.3) is 0 Å². The van der Waals surface area contributed by atoms with Crippen molar-refractivity contribution >= 4 is 17.7 Å². The second-order valence-electron chi connectivity index (χ2n) is 5.75. The molecule has 0 aromatic heterocycles. The van der Waals surface area contributed by atoms with Crippen molar-refractivity contribution in [2.45, 2.75) is 48.3 Å². The summed E-state index contributed by atoms with van der Waals surface area (Å²) in [4.78, 5) is 15.0. The number of thioether (sulfide) groups is 1. The Labute approximate surface area is 124 Å². The summed E-state index contributed by atoms with van der Waals surface area (Å²) in [6.45, 7) is 1.83. The number of fused-ring (bicyclic) bond motifs is 1. The van der Waals surface area contributed by atoms with Crippen LogP contribution in [0.5, 0.6) is 0 Å². The van der Waals surface area contributed by atoms with Gasteiger partial charge in [-0.3, -0.25) is 9.69 Å². The van der Waals surface area contributed by atoms with Crippen LogP contribution in [0.25, 0.3) is 0 Å². The molecule has 2 aliphatic rings. The Morgan fingerprint density at radius 1 is 1.30 bits per heavy atom. The minimum absolute atomic E-state index is 0.276. The number of carbonyl (C=O) groups is 1. The summed E-state index contributed by atoms with van der Waals surface area (Å²) in [5.74, 6) is -0.646. The Hall–Kier alpha value is -1.00. The molecule has 3 rings (SSSR count). The SMILES string of the molecule is O=C(O)C1CCCCCN1CC1Cc2ccccc2S1. The van der Waals surface area contributed by atoms with Gasteiger partial charge in [0, 0.05) is 16.7 Å². The molecule has 2 unspecified atom stereocenters. The van der Waals surface area contributed by atoms with Gasteiger partial charge in [-0.2, -0.15) is 0 Å². The van der Waals surface area contributed by atoms with E-state index in [1.54, 1.807) is 0 Å². The van der Waals surface area contributed by atoms with Crippen LogP contribution in [0.3, 0.4) is 0 Å². The number of hydrogen-bond acceptors (Lipinski definition) is 3. The Kier molecular flexibility index (Phi) is 4.32. The Morgan fingerprint density at radius 2 is 2.15 bits per heavy atom. The molecule has 108 valence electrons. The predicted octanol–water partition coefficient (Wildman–Crippen LogP) is 3.03. The van der Waals surface area contributed by atoms with Crippen molar-refractivity contribution in [3.05, 3.63) is 29.8 Å². The van der Waals surface area contributed by atoms with Crippen LogP contribution < -0.4 is 0 Å². The number of aliphatic carboxylic acids is 1.